The first-order valence-corrected chi connectivity index (χ1v) is 10.9. The van der Waals surface area contributed by atoms with Crippen LogP contribution in [0.5, 0.6) is 5.75 Å². The van der Waals surface area contributed by atoms with E-state index in [1.54, 1.807) is 13.4 Å². The Morgan fingerprint density at radius 2 is 2.19 bits per heavy atom. The molecule has 2 atom stereocenters. The molecule has 1 aliphatic heterocycles. The predicted molar refractivity (Wildman–Crippen MR) is 120 cm³/mol. The molecule has 2 aromatic heterocycles. The van der Waals surface area contributed by atoms with Crippen molar-refractivity contribution in [3.63, 3.8) is 0 Å². The van der Waals surface area contributed by atoms with Crippen LogP contribution in [0.4, 0.5) is 0 Å². The number of methoxy groups -OCH3 is 1. The van der Waals surface area contributed by atoms with Crippen molar-refractivity contribution in [2.45, 2.75) is 25.7 Å². The van der Waals surface area contributed by atoms with E-state index in [1.165, 1.54) is 17.3 Å². The molecule has 1 fully saturated rings. The van der Waals surface area contributed by atoms with Gasteiger partial charge in [0.15, 0.2) is 12.1 Å². The van der Waals surface area contributed by atoms with Gasteiger partial charge in [0.1, 0.15) is 12.0 Å². The van der Waals surface area contributed by atoms with Gasteiger partial charge >= 0.3 is 0 Å². The number of hydrogen-bond acceptors (Lipinski definition) is 6. The van der Waals surface area contributed by atoms with Crippen molar-refractivity contribution < 1.29 is 14.3 Å². The van der Waals surface area contributed by atoms with Gasteiger partial charge in [-0.3, -0.25) is 9.88 Å². The average molecular weight is 420 g/mol. The smallest absolute Gasteiger partial charge is 0.181 e. The van der Waals surface area contributed by atoms with E-state index < -0.39 is 0 Å². The number of likely N-dealkylation sites (tertiary alicyclic amines) is 1. The molecule has 6 heteroatoms. The number of fused-ring (bicyclic) bond motifs is 1. The SMILES string of the molecule is COc1ccc2nccc(CCC[C@@H]3CCN(CC#Cc4cocn4)C[C@@H]3CO)c2c1. The topological polar surface area (TPSA) is 71.6 Å². The minimum Gasteiger partial charge on any atom is -0.497 e. The second-order valence-electron chi connectivity index (χ2n) is 8.15. The summed E-state index contributed by atoms with van der Waals surface area (Å²) in [4.78, 5) is 10.8. The van der Waals surface area contributed by atoms with Crippen LogP contribution in [0.1, 0.15) is 30.5 Å². The van der Waals surface area contributed by atoms with Crippen LogP contribution in [0.2, 0.25) is 0 Å². The Morgan fingerprint density at radius 1 is 1.26 bits per heavy atom. The molecule has 0 radical (unpaired) electrons. The number of piperidine rings is 1. The number of aromatic nitrogens is 2. The summed E-state index contributed by atoms with van der Waals surface area (Å²) in [7, 11) is 1.69. The number of ether oxygens (including phenoxy) is 1. The third-order valence-corrected chi connectivity index (χ3v) is 6.22. The van der Waals surface area contributed by atoms with Crippen LogP contribution in [-0.2, 0) is 6.42 Å². The lowest BCUT2D eigenvalue weighted by Crippen LogP contribution is -2.42. The fraction of sp³-hybridized carbons (Fsp3) is 0.440. The van der Waals surface area contributed by atoms with Gasteiger partial charge in [-0.2, -0.15) is 0 Å². The van der Waals surface area contributed by atoms with Crippen LogP contribution in [0.15, 0.2) is 47.5 Å². The number of rotatable bonds is 7. The minimum atomic E-state index is 0.229. The van der Waals surface area contributed by atoms with Crippen LogP contribution in [0.25, 0.3) is 10.9 Å². The van der Waals surface area contributed by atoms with E-state index in [2.05, 4.69) is 38.8 Å². The molecular weight excluding hydrogens is 390 g/mol. The monoisotopic (exact) mass is 419 g/mol. The van der Waals surface area contributed by atoms with E-state index in [-0.39, 0.29) is 6.61 Å². The lowest BCUT2D eigenvalue weighted by Gasteiger charge is -2.37. The summed E-state index contributed by atoms with van der Waals surface area (Å²) >= 11 is 0. The van der Waals surface area contributed by atoms with Crippen LogP contribution >= 0.6 is 0 Å². The van der Waals surface area contributed by atoms with Crippen molar-refractivity contribution in [2.75, 3.05) is 33.4 Å². The quantitative estimate of drug-likeness (QED) is 0.591. The minimum absolute atomic E-state index is 0.229. The van der Waals surface area contributed by atoms with Gasteiger partial charge in [-0.25, -0.2) is 4.98 Å². The van der Waals surface area contributed by atoms with Crippen molar-refractivity contribution in [1.29, 1.82) is 0 Å². The highest BCUT2D eigenvalue weighted by Gasteiger charge is 2.28. The molecule has 162 valence electrons. The summed E-state index contributed by atoms with van der Waals surface area (Å²) in [6, 6.07) is 8.16. The zero-order valence-electron chi connectivity index (χ0n) is 18.0. The van der Waals surface area contributed by atoms with Crippen molar-refractivity contribution >= 4 is 10.9 Å². The Morgan fingerprint density at radius 3 is 3.00 bits per heavy atom. The molecule has 1 aromatic carbocycles. The molecule has 0 amide bonds. The zero-order chi connectivity index (χ0) is 21.5. The number of pyridine rings is 1. The number of nitrogens with zero attached hydrogens (tertiary/aromatic N) is 3. The van der Waals surface area contributed by atoms with Crippen molar-refractivity contribution in [3.8, 4) is 17.6 Å². The Kier molecular flexibility index (Phi) is 7.18. The van der Waals surface area contributed by atoms with E-state index in [9.17, 15) is 5.11 Å². The fourth-order valence-corrected chi connectivity index (χ4v) is 4.48. The second-order valence-corrected chi connectivity index (χ2v) is 8.15. The van der Waals surface area contributed by atoms with Gasteiger partial charge < -0.3 is 14.3 Å². The molecule has 6 nitrogen and oxygen atoms in total. The molecule has 1 N–H and O–H groups in total. The Labute approximate surface area is 183 Å². The number of benzene rings is 1. The van der Waals surface area contributed by atoms with Gasteiger partial charge in [0.05, 0.1) is 19.2 Å². The highest BCUT2D eigenvalue weighted by molar-refractivity contribution is 5.83. The van der Waals surface area contributed by atoms with Crippen LogP contribution in [0.3, 0.4) is 0 Å². The van der Waals surface area contributed by atoms with Crippen LogP contribution in [0, 0.1) is 23.7 Å². The molecule has 0 unspecified atom stereocenters. The summed E-state index contributed by atoms with van der Waals surface area (Å²) in [6.45, 7) is 2.84. The second kappa shape index (κ2) is 10.4. The molecule has 0 saturated carbocycles. The summed E-state index contributed by atoms with van der Waals surface area (Å²) < 4.78 is 10.3. The Hall–Kier alpha value is -2.88. The average Bonchev–Trinajstić information content (AvgIpc) is 3.33. The lowest BCUT2D eigenvalue weighted by atomic mass is 9.82. The van der Waals surface area contributed by atoms with Crippen LogP contribution in [-0.4, -0.2) is 53.3 Å². The third-order valence-electron chi connectivity index (χ3n) is 6.22. The van der Waals surface area contributed by atoms with E-state index in [0.29, 0.717) is 24.1 Å². The van der Waals surface area contributed by atoms with Gasteiger partial charge in [-0.05, 0) is 79.8 Å². The normalized spacial score (nSPS) is 19.2. The molecule has 4 rings (SSSR count). The highest BCUT2D eigenvalue weighted by atomic mass is 16.5. The van der Waals surface area contributed by atoms with E-state index >= 15 is 0 Å². The van der Waals surface area contributed by atoms with Gasteiger partial charge in [-0.15, -0.1) is 0 Å². The molecule has 3 heterocycles. The van der Waals surface area contributed by atoms with E-state index in [4.69, 9.17) is 9.15 Å². The largest absolute Gasteiger partial charge is 0.497 e. The standard InChI is InChI=1S/C25H29N3O3/c1-30-23-7-8-25-24(14-23)20(9-11-26-25)5-2-4-19-10-13-28(15-21(19)16-29)12-3-6-22-17-31-18-27-22/h7-9,11,14,17-19,21,29H,2,4-5,10,12-13,15-16H2,1H3/t19-,21-/m1/s1. The van der Waals surface area contributed by atoms with E-state index in [1.807, 2.05) is 18.3 Å². The maximum absolute atomic E-state index is 9.96. The van der Waals surface area contributed by atoms with Gasteiger partial charge in [0, 0.05) is 24.7 Å². The van der Waals surface area contributed by atoms with Gasteiger partial charge in [0.2, 0.25) is 0 Å². The molecule has 3 aromatic rings. The third kappa shape index (κ3) is 5.43. The fourth-order valence-electron chi connectivity index (χ4n) is 4.48. The number of aryl methyl sites for hydroxylation is 1. The number of hydrogen-bond donors (Lipinski definition) is 1. The maximum Gasteiger partial charge on any atom is 0.181 e. The molecule has 1 saturated heterocycles. The molecule has 0 spiro atoms. The first-order chi connectivity index (χ1) is 15.3. The number of aliphatic hydroxyl groups excluding tert-OH is 1. The summed E-state index contributed by atoms with van der Waals surface area (Å²) in [5.74, 6) is 7.90. The van der Waals surface area contributed by atoms with Gasteiger partial charge in [0.25, 0.3) is 0 Å². The molecule has 1 aliphatic rings. The first-order valence-electron chi connectivity index (χ1n) is 10.9. The summed E-state index contributed by atoms with van der Waals surface area (Å²) in [5.41, 5.74) is 2.98. The molecular formula is C25H29N3O3. The maximum atomic E-state index is 9.96. The summed E-state index contributed by atoms with van der Waals surface area (Å²) in [6.07, 6.45) is 9.16. The van der Waals surface area contributed by atoms with Crippen molar-refractivity contribution in [2.24, 2.45) is 11.8 Å². The van der Waals surface area contributed by atoms with Crippen molar-refractivity contribution in [1.82, 2.24) is 14.9 Å². The Balaban J connectivity index is 1.30. The first kappa shape index (κ1) is 21.4. The van der Waals surface area contributed by atoms with E-state index in [0.717, 1.165) is 50.0 Å². The van der Waals surface area contributed by atoms with Crippen LogP contribution < -0.4 is 4.74 Å². The Bertz CT molecular complexity index is 1040. The highest BCUT2D eigenvalue weighted by Crippen LogP contribution is 2.29. The van der Waals surface area contributed by atoms with Gasteiger partial charge in [-0.1, -0.05) is 5.92 Å². The molecule has 0 aliphatic carbocycles. The number of oxazole rings is 1. The molecule has 31 heavy (non-hydrogen) atoms. The van der Waals surface area contributed by atoms with Crippen molar-refractivity contribution in [3.05, 3.63) is 54.4 Å². The zero-order valence-corrected chi connectivity index (χ0v) is 18.0. The lowest BCUT2D eigenvalue weighted by molar-refractivity contribution is 0.0748. The predicted octanol–water partition coefficient (Wildman–Crippen LogP) is 3.54. The molecule has 0 bridgehead atoms. The number of aliphatic hydroxyl groups is 1. The summed E-state index contributed by atoms with van der Waals surface area (Å²) in [5, 5.41) is 11.1.